The summed E-state index contributed by atoms with van der Waals surface area (Å²) in [6, 6.07) is 0. The van der Waals surface area contributed by atoms with Crippen molar-refractivity contribution < 1.29 is 9.53 Å². The molecule has 15 heavy (non-hydrogen) atoms. The van der Waals surface area contributed by atoms with Crippen LogP contribution < -0.4 is 0 Å². The zero-order valence-electron chi connectivity index (χ0n) is 8.65. The molecule has 1 atom stereocenters. The van der Waals surface area contributed by atoms with Crippen LogP contribution in [0.25, 0.3) is 0 Å². The van der Waals surface area contributed by atoms with Gasteiger partial charge in [-0.15, -0.1) is 11.3 Å². The highest BCUT2D eigenvalue weighted by Crippen LogP contribution is 2.17. The summed E-state index contributed by atoms with van der Waals surface area (Å²) in [6.07, 6.45) is 6.39. The van der Waals surface area contributed by atoms with E-state index in [2.05, 4.69) is 4.98 Å². The molecule has 1 saturated heterocycles. The summed E-state index contributed by atoms with van der Waals surface area (Å²) in [5.74, 6) is 0.270. The van der Waals surface area contributed by atoms with E-state index in [1.54, 1.807) is 23.0 Å². The van der Waals surface area contributed by atoms with Gasteiger partial charge in [0.2, 0.25) is 0 Å². The van der Waals surface area contributed by atoms with Gasteiger partial charge in [0, 0.05) is 30.5 Å². The van der Waals surface area contributed by atoms with Gasteiger partial charge < -0.3 is 4.74 Å². The Kier molecular flexibility index (Phi) is 3.86. The van der Waals surface area contributed by atoms with Crippen LogP contribution in [-0.2, 0) is 16.0 Å². The van der Waals surface area contributed by atoms with E-state index >= 15 is 0 Å². The van der Waals surface area contributed by atoms with Gasteiger partial charge in [-0.1, -0.05) is 0 Å². The van der Waals surface area contributed by atoms with Crippen LogP contribution in [0, 0.1) is 0 Å². The van der Waals surface area contributed by atoms with E-state index in [9.17, 15) is 4.79 Å². The number of hydrogen-bond acceptors (Lipinski definition) is 4. The standard InChI is InChI=1S/C11H15NO2S/c13-9(6-11-7-12-8-15-11)5-10-3-1-2-4-14-10/h7-8,10H,1-6H2. The molecule has 2 rings (SSSR count). The Labute approximate surface area is 93.5 Å². The van der Waals surface area contributed by atoms with E-state index in [4.69, 9.17) is 4.74 Å². The summed E-state index contributed by atoms with van der Waals surface area (Å²) >= 11 is 1.54. The number of ether oxygens (including phenoxy) is 1. The van der Waals surface area contributed by atoms with E-state index in [-0.39, 0.29) is 11.9 Å². The third-order valence-corrected chi connectivity index (χ3v) is 3.36. The maximum absolute atomic E-state index is 11.7. The molecule has 82 valence electrons. The highest BCUT2D eigenvalue weighted by atomic mass is 32.1. The molecule has 0 spiro atoms. The minimum atomic E-state index is 0.166. The monoisotopic (exact) mass is 225 g/mol. The molecule has 1 aliphatic rings. The average Bonchev–Trinajstić information content (AvgIpc) is 2.71. The molecule has 0 saturated carbocycles. The lowest BCUT2D eigenvalue weighted by Gasteiger charge is -2.21. The lowest BCUT2D eigenvalue weighted by Crippen LogP contribution is -2.22. The average molecular weight is 225 g/mol. The second-order valence-corrected chi connectivity index (χ2v) is 4.85. The maximum Gasteiger partial charge on any atom is 0.140 e. The molecule has 1 unspecified atom stereocenters. The van der Waals surface area contributed by atoms with Gasteiger partial charge in [0.15, 0.2) is 0 Å². The predicted octanol–water partition coefficient (Wildman–Crippen LogP) is 2.21. The van der Waals surface area contributed by atoms with Crippen LogP contribution in [0.15, 0.2) is 11.7 Å². The second-order valence-electron chi connectivity index (χ2n) is 3.88. The summed E-state index contributed by atoms with van der Waals surface area (Å²) in [5.41, 5.74) is 1.76. The number of carbonyl (C=O) groups excluding carboxylic acids is 1. The van der Waals surface area contributed by atoms with Gasteiger partial charge in [-0.05, 0) is 19.3 Å². The highest BCUT2D eigenvalue weighted by molar-refractivity contribution is 7.09. The van der Waals surface area contributed by atoms with E-state index in [0.717, 1.165) is 24.3 Å². The van der Waals surface area contributed by atoms with Crippen molar-refractivity contribution in [1.82, 2.24) is 4.98 Å². The first kappa shape index (κ1) is 10.8. The fourth-order valence-corrected chi connectivity index (χ4v) is 2.44. The van der Waals surface area contributed by atoms with Gasteiger partial charge in [-0.2, -0.15) is 0 Å². The number of aromatic nitrogens is 1. The molecule has 0 bridgehead atoms. The van der Waals surface area contributed by atoms with Gasteiger partial charge in [0.25, 0.3) is 0 Å². The first-order chi connectivity index (χ1) is 7.34. The van der Waals surface area contributed by atoms with Crippen LogP contribution in [0.4, 0.5) is 0 Å². The molecular weight excluding hydrogens is 210 g/mol. The summed E-state index contributed by atoms with van der Waals surface area (Å²) < 4.78 is 5.53. The number of carbonyl (C=O) groups is 1. The van der Waals surface area contributed by atoms with Crippen LogP contribution in [0.5, 0.6) is 0 Å². The van der Waals surface area contributed by atoms with Crippen LogP contribution in [0.2, 0.25) is 0 Å². The van der Waals surface area contributed by atoms with Crippen LogP contribution in [-0.4, -0.2) is 23.5 Å². The fraction of sp³-hybridized carbons (Fsp3) is 0.636. The number of nitrogens with zero attached hydrogens (tertiary/aromatic N) is 1. The number of Topliss-reactive ketones (excluding diaryl/α,β-unsaturated/α-hetero) is 1. The topological polar surface area (TPSA) is 39.2 Å². The molecule has 0 aliphatic carbocycles. The van der Waals surface area contributed by atoms with Gasteiger partial charge in [-0.3, -0.25) is 9.78 Å². The third-order valence-electron chi connectivity index (χ3n) is 2.58. The van der Waals surface area contributed by atoms with Gasteiger partial charge >= 0.3 is 0 Å². The van der Waals surface area contributed by atoms with E-state index in [1.807, 2.05) is 0 Å². The molecule has 2 heterocycles. The van der Waals surface area contributed by atoms with Crippen molar-refractivity contribution in [1.29, 1.82) is 0 Å². The van der Waals surface area contributed by atoms with E-state index in [0.29, 0.717) is 12.8 Å². The summed E-state index contributed by atoms with van der Waals surface area (Å²) in [5, 5.41) is 0. The van der Waals surface area contributed by atoms with Gasteiger partial charge in [0.1, 0.15) is 5.78 Å². The zero-order valence-corrected chi connectivity index (χ0v) is 9.46. The number of ketones is 1. The van der Waals surface area contributed by atoms with Crippen molar-refractivity contribution in [3.8, 4) is 0 Å². The Balaban J connectivity index is 1.76. The largest absolute Gasteiger partial charge is 0.378 e. The fourth-order valence-electron chi connectivity index (χ4n) is 1.82. The molecule has 1 aliphatic heterocycles. The summed E-state index contributed by atoms with van der Waals surface area (Å²) in [7, 11) is 0. The smallest absolute Gasteiger partial charge is 0.140 e. The maximum atomic E-state index is 11.7. The first-order valence-corrected chi connectivity index (χ1v) is 6.23. The lowest BCUT2D eigenvalue weighted by atomic mass is 10.0. The Bertz CT molecular complexity index is 304. The molecule has 1 fully saturated rings. The minimum absolute atomic E-state index is 0.166. The highest BCUT2D eigenvalue weighted by Gasteiger charge is 2.17. The number of hydrogen-bond donors (Lipinski definition) is 0. The normalized spacial score (nSPS) is 21.5. The second kappa shape index (κ2) is 5.37. The van der Waals surface area contributed by atoms with Crippen LogP contribution in [0.1, 0.15) is 30.6 Å². The third kappa shape index (κ3) is 3.39. The minimum Gasteiger partial charge on any atom is -0.378 e. The molecule has 1 aromatic rings. The lowest BCUT2D eigenvalue weighted by molar-refractivity contribution is -0.122. The Morgan fingerprint density at radius 2 is 2.53 bits per heavy atom. The summed E-state index contributed by atoms with van der Waals surface area (Å²) in [4.78, 5) is 16.7. The summed E-state index contributed by atoms with van der Waals surface area (Å²) in [6.45, 7) is 0.818. The number of rotatable bonds is 4. The molecule has 0 aromatic carbocycles. The van der Waals surface area contributed by atoms with Crippen LogP contribution in [0.3, 0.4) is 0 Å². The van der Waals surface area contributed by atoms with E-state index in [1.165, 1.54) is 6.42 Å². The van der Waals surface area contributed by atoms with Crippen molar-refractivity contribution in [2.24, 2.45) is 0 Å². The van der Waals surface area contributed by atoms with Gasteiger partial charge in [0.05, 0.1) is 11.6 Å². The Hall–Kier alpha value is -0.740. The zero-order chi connectivity index (χ0) is 10.5. The SMILES string of the molecule is O=C(Cc1cncs1)CC1CCCCO1. The van der Waals surface area contributed by atoms with Gasteiger partial charge in [-0.25, -0.2) is 0 Å². The van der Waals surface area contributed by atoms with E-state index < -0.39 is 0 Å². The molecule has 3 nitrogen and oxygen atoms in total. The first-order valence-electron chi connectivity index (χ1n) is 5.35. The van der Waals surface area contributed by atoms with Crippen molar-refractivity contribution in [3.63, 3.8) is 0 Å². The van der Waals surface area contributed by atoms with Crippen LogP contribution >= 0.6 is 11.3 Å². The molecule has 4 heteroatoms. The number of thiazole rings is 1. The molecule has 1 aromatic heterocycles. The van der Waals surface area contributed by atoms with Crippen molar-refractivity contribution in [2.75, 3.05) is 6.61 Å². The van der Waals surface area contributed by atoms with Crippen molar-refractivity contribution in [3.05, 3.63) is 16.6 Å². The van der Waals surface area contributed by atoms with Crippen molar-refractivity contribution >= 4 is 17.1 Å². The Morgan fingerprint density at radius 3 is 3.20 bits per heavy atom. The predicted molar refractivity (Wildman–Crippen MR) is 59.0 cm³/mol. The Morgan fingerprint density at radius 1 is 1.60 bits per heavy atom. The molecular formula is C11H15NO2S. The quantitative estimate of drug-likeness (QED) is 0.788. The molecule has 0 amide bonds. The molecule has 0 radical (unpaired) electrons. The molecule has 0 N–H and O–H groups in total. The van der Waals surface area contributed by atoms with Crippen molar-refractivity contribution in [2.45, 2.75) is 38.2 Å².